The third kappa shape index (κ3) is 4.36. The van der Waals surface area contributed by atoms with E-state index in [2.05, 4.69) is 10.2 Å². The van der Waals surface area contributed by atoms with Crippen LogP contribution in [0.5, 0.6) is 5.75 Å². The van der Waals surface area contributed by atoms with Gasteiger partial charge in [0.25, 0.3) is 5.69 Å². The normalized spacial score (nSPS) is 12.7. The Morgan fingerprint density at radius 2 is 1.80 bits per heavy atom. The minimum absolute atomic E-state index is 0.212. The van der Waals surface area contributed by atoms with Crippen molar-refractivity contribution in [1.82, 2.24) is 0 Å². The molecule has 0 fully saturated rings. The molecule has 0 amide bonds. The highest BCUT2D eigenvalue weighted by Crippen LogP contribution is 2.40. The molecule has 3 rings (SSSR count). The molecule has 3 aromatic carbocycles. The number of nitrogens with two attached hydrogens (primary N) is 1. The van der Waals surface area contributed by atoms with Crippen molar-refractivity contribution in [2.75, 3.05) is 5.73 Å². The maximum Gasteiger partial charge on any atom is 0.301 e. The summed E-state index contributed by atoms with van der Waals surface area (Å²) in [6, 6.07) is 6.34. The highest BCUT2D eigenvalue weighted by Gasteiger charge is 2.28. The van der Waals surface area contributed by atoms with E-state index in [-0.39, 0.29) is 22.1 Å². The Hall–Kier alpha value is -2.40. The van der Waals surface area contributed by atoms with Crippen LogP contribution in [0.25, 0.3) is 10.8 Å². The van der Waals surface area contributed by atoms with Crippen LogP contribution in [0.2, 0.25) is 0 Å². The summed E-state index contributed by atoms with van der Waals surface area (Å²) in [5, 5.41) is 16.0. The lowest BCUT2D eigenvalue weighted by Crippen LogP contribution is -2.58. The smallest absolute Gasteiger partial charge is 0.301 e. The van der Waals surface area contributed by atoms with E-state index in [9.17, 15) is 35.4 Å². The third-order valence-corrected chi connectivity index (χ3v) is 6.31. The van der Waals surface area contributed by atoms with Crippen molar-refractivity contribution in [2.24, 2.45) is 5.11 Å². The van der Waals surface area contributed by atoms with Gasteiger partial charge in [-0.1, -0.05) is 5.11 Å². The number of fused-ring (bicyclic) bond motifs is 1. The van der Waals surface area contributed by atoms with Crippen LogP contribution >= 0.6 is 22.6 Å². The van der Waals surface area contributed by atoms with Crippen LogP contribution in [-0.4, -0.2) is 31.0 Å². The minimum Gasteiger partial charge on any atom is -0.744 e. The topological polar surface area (TPSA) is 184 Å². The van der Waals surface area contributed by atoms with Crippen LogP contribution in [-0.2, 0) is 20.2 Å². The number of phenols is 1. The van der Waals surface area contributed by atoms with Gasteiger partial charge in [0.15, 0.2) is 16.4 Å². The zero-order valence-electron chi connectivity index (χ0n) is 14.5. The summed E-state index contributed by atoms with van der Waals surface area (Å²) in [5.74, 6) is -1.56. The molecule has 0 bridgehead atoms. The van der Waals surface area contributed by atoms with Crippen molar-refractivity contribution < 1.29 is 40.6 Å². The Kier molecular flexibility index (Phi) is 5.72. The lowest BCUT2D eigenvalue weighted by atomic mass is 10.1. The fraction of sp³-hybridized carbons (Fsp3) is 0. The second-order valence-electron chi connectivity index (χ2n) is 5.96. The largest absolute Gasteiger partial charge is 0.744 e. The zero-order valence-corrected chi connectivity index (χ0v) is 18.3. The van der Waals surface area contributed by atoms with Gasteiger partial charge < -0.3 is 15.4 Å². The van der Waals surface area contributed by atoms with Gasteiger partial charge in [-0.3, -0.25) is 4.55 Å². The molecule has 3 aromatic rings. The Labute approximate surface area is 182 Å². The average molecular weight is 567 g/mol. The Bertz CT molecular complexity index is 1440. The van der Waals surface area contributed by atoms with E-state index in [4.69, 9.17) is 5.73 Å². The van der Waals surface area contributed by atoms with Crippen molar-refractivity contribution in [2.45, 2.75) is 9.79 Å². The number of halogens is 2. The van der Waals surface area contributed by atoms with E-state index in [1.807, 2.05) is 22.6 Å². The number of aromatic hydroxyl groups is 1. The van der Waals surface area contributed by atoms with Crippen molar-refractivity contribution in [3.05, 3.63) is 45.8 Å². The van der Waals surface area contributed by atoms with Gasteiger partial charge >= 0.3 is 10.1 Å². The molecule has 10 nitrogen and oxygen atoms in total. The summed E-state index contributed by atoms with van der Waals surface area (Å²) in [4.78, 5) is -1.67. The summed E-state index contributed by atoms with van der Waals surface area (Å²) in [6.45, 7) is 0. The van der Waals surface area contributed by atoms with Gasteiger partial charge in [0.1, 0.15) is 10.1 Å². The Morgan fingerprint density at radius 1 is 1.13 bits per heavy atom. The van der Waals surface area contributed by atoms with Crippen molar-refractivity contribution >= 4 is 70.7 Å². The number of nitrogens with one attached hydrogen (secondary N) is 1. The fourth-order valence-electron chi connectivity index (χ4n) is 2.65. The number of azo groups is 1. The van der Waals surface area contributed by atoms with Gasteiger partial charge in [-0.2, -0.15) is 8.42 Å². The quantitative estimate of drug-likeness (QED) is 0.120. The van der Waals surface area contributed by atoms with Gasteiger partial charge in [0.2, 0.25) is 5.75 Å². The molecule has 30 heavy (non-hydrogen) atoms. The summed E-state index contributed by atoms with van der Waals surface area (Å²) >= 11 is 1.87. The van der Waals surface area contributed by atoms with Crippen LogP contribution in [0.3, 0.4) is 0 Å². The average Bonchev–Trinajstić information content (AvgIpc) is 2.60. The minimum atomic E-state index is -4.98. The van der Waals surface area contributed by atoms with E-state index >= 15 is 0 Å². The highest BCUT2D eigenvalue weighted by molar-refractivity contribution is 14.1. The van der Waals surface area contributed by atoms with Gasteiger partial charge in [-0.05, 0) is 64.4 Å². The molecule has 0 spiro atoms. The maximum atomic E-state index is 14.0. The molecule has 14 heteroatoms. The monoisotopic (exact) mass is 567 g/mol. The van der Waals surface area contributed by atoms with E-state index in [0.717, 1.165) is 24.3 Å². The number of anilines is 1. The molecule has 0 aliphatic carbocycles. The van der Waals surface area contributed by atoms with Crippen LogP contribution in [0.4, 0.5) is 21.5 Å². The first-order valence-electron chi connectivity index (χ1n) is 7.73. The van der Waals surface area contributed by atoms with Gasteiger partial charge in [0.05, 0.1) is 10.3 Å². The molecular weight excluding hydrogens is 556 g/mol. The highest BCUT2D eigenvalue weighted by atomic mass is 127. The molecule has 0 radical (unpaired) electrons. The predicted molar refractivity (Wildman–Crippen MR) is 110 cm³/mol. The van der Waals surface area contributed by atoms with Gasteiger partial charge in [-0.15, -0.1) is 0 Å². The third-order valence-electron chi connectivity index (χ3n) is 3.94. The fourth-order valence-corrected chi connectivity index (χ4v) is 4.32. The summed E-state index contributed by atoms with van der Waals surface area (Å²) in [6.07, 6.45) is 0. The molecule has 0 saturated heterocycles. The molecular formula is C16H11FIN3O7S2. The van der Waals surface area contributed by atoms with E-state index in [1.165, 1.54) is 12.1 Å². The predicted octanol–water partition coefficient (Wildman–Crippen LogP) is 1.52. The number of hydrogen-bond donors (Lipinski definition) is 4. The van der Waals surface area contributed by atoms with Crippen molar-refractivity contribution in [3.63, 3.8) is 0 Å². The van der Waals surface area contributed by atoms with Gasteiger partial charge in [-0.25, -0.2) is 12.8 Å². The second-order valence-corrected chi connectivity index (χ2v) is 9.97. The molecule has 0 aliphatic heterocycles. The van der Waals surface area contributed by atoms with Gasteiger partial charge in [0, 0.05) is 14.4 Å². The summed E-state index contributed by atoms with van der Waals surface area (Å²) < 4.78 is 81.5. The summed E-state index contributed by atoms with van der Waals surface area (Å²) in [5.41, 5.74) is 4.52. The molecule has 158 valence electrons. The van der Waals surface area contributed by atoms with Crippen LogP contribution < -0.4 is 10.8 Å². The zero-order chi connectivity index (χ0) is 22.4. The molecule has 5 N–H and O–H groups in total. The molecule has 0 aliphatic rings. The number of nitrogens with zero attached hydrogens (tertiary/aromatic N) is 1. The number of rotatable bonds is 4. The Balaban J connectivity index is 2.34. The number of phenolic OH excluding ortho intramolecular Hbond substituents is 1. The number of benzene rings is 3. The maximum absolute atomic E-state index is 14.0. The van der Waals surface area contributed by atoms with E-state index in [1.54, 1.807) is 0 Å². The van der Waals surface area contributed by atoms with Crippen molar-refractivity contribution in [1.29, 1.82) is 0 Å². The first-order chi connectivity index (χ1) is 13.8. The lowest BCUT2D eigenvalue weighted by molar-refractivity contribution is -0.437. The number of nitrogen functional groups attached to an aromatic ring is 1. The molecule has 0 heterocycles. The molecule has 0 unspecified atom stereocenters. The van der Waals surface area contributed by atoms with Crippen LogP contribution in [0.1, 0.15) is 0 Å². The van der Waals surface area contributed by atoms with E-state index in [0.29, 0.717) is 3.57 Å². The SMILES string of the molecule is Nc1cc(S(=O)(=O)[O-])cc2cc(S(=O)(=O)O)c([NH+]=Nc3ccc(I)cc3F)c(O)c12. The lowest BCUT2D eigenvalue weighted by Gasteiger charge is -2.12. The second kappa shape index (κ2) is 7.69. The van der Waals surface area contributed by atoms with Crippen LogP contribution in [0, 0.1) is 9.39 Å². The standard InChI is InChI=1S/C16H11FIN3O7S2/c17-10-5-8(18)1-2-12(10)20-21-15-13(30(26,27)28)4-7-3-9(29(23,24)25)6-11(19)14(7)16(15)22/h1-6,22H,19H2,(H,23,24,25)(H,26,27,28). The van der Waals surface area contributed by atoms with Crippen molar-refractivity contribution in [3.8, 4) is 5.75 Å². The first-order valence-corrected chi connectivity index (χ1v) is 11.7. The first kappa shape index (κ1) is 22.3. The molecule has 0 aromatic heterocycles. The van der Waals surface area contributed by atoms with Crippen LogP contribution in [0.15, 0.2) is 51.3 Å². The van der Waals surface area contributed by atoms with E-state index < -0.39 is 47.3 Å². The Morgan fingerprint density at radius 3 is 2.37 bits per heavy atom. The molecule has 0 atom stereocenters. The summed E-state index contributed by atoms with van der Waals surface area (Å²) in [7, 11) is -9.92. The molecule has 0 saturated carbocycles. The number of hydrogen-bond acceptors (Lipinski definition) is 8.